The van der Waals surface area contributed by atoms with E-state index >= 15 is 0 Å². The van der Waals surface area contributed by atoms with Crippen molar-refractivity contribution < 1.29 is 14.5 Å². The molecule has 0 atom stereocenters. The molecule has 0 saturated heterocycles. The molecule has 2 aromatic rings. The molecule has 0 aliphatic heterocycles. The van der Waals surface area contributed by atoms with Crippen molar-refractivity contribution in [2.45, 2.75) is 13.8 Å². The van der Waals surface area contributed by atoms with Gasteiger partial charge in [-0.3, -0.25) is 19.6 Å². The van der Waals surface area contributed by atoms with Crippen LogP contribution in [0.1, 0.15) is 23.1 Å². The van der Waals surface area contributed by atoms with Gasteiger partial charge in [0.15, 0.2) is 0 Å². The fourth-order valence-corrected chi connectivity index (χ4v) is 1.96. The Bertz CT molecular complexity index is 706. The van der Waals surface area contributed by atoms with Crippen LogP contribution in [0.25, 0.3) is 0 Å². The smallest absolute Gasteiger partial charge is 0.322 e. The van der Waals surface area contributed by atoms with Crippen molar-refractivity contribution >= 4 is 17.3 Å². The van der Waals surface area contributed by atoms with Gasteiger partial charge in [-0.05, 0) is 38.1 Å². The third kappa shape index (κ3) is 3.05. The van der Waals surface area contributed by atoms with Gasteiger partial charge < -0.3 is 10.1 Å². The molecule has 8 nitrogen and oxygen atoms in total. The van der Waals surface area contributed by atoms with Crippen LogP contribution >= 0.6 is 0 Å². The van der Waals surface area contributed by atoms with E-state index in [1.165, 1.54) is 4.68 Å². The highest BCUT2D eigenvalue weighted by atomic mass is 16.6. The molecule has 0 fully saturated rings. The number of rotatable bonds is 5. The third-order valence-corrected chi connectivity index (χ3v) is 3.12. The third-order valence-electron chi connectivity index (χ3n) is 3.12. The van der Waals surface area contributed by atoms with E-state index in [0.29, 0.717) is 23.7 Å². The summed E-state index contributed by atoms with van der Waals surface area (Å²) in [6.45, 7) is 3.96. The highest BCUT2D eigenvalue weighted by molar-refractivity contribution is 6.05. The average molecular weight is 304 g/mol. The van der Waals surface area contributed by atoms with E-state index in [9.17, 15) is 14.9 Å². The van der Waals surface area contributed by atoms with Crippen LogP contribution in [0.3, 0.4) is 0 Å². The number of hydrogen-bond acceptors (Lipinski definition) is 5. The number of aryl methyl sites for hydroxylation is 1. The zero-order chi connectivity index (χ0) is 16.3. The van der Waals surface area contributed by atoms with Crippen molar-refractivity contribution in [3.8, 4) is 5.75 Å². The van der Waals surface area contributed by atoms with Crippen molar-refractivity contribution in [2.75, 3.05) is 11.9 Å². The van der Waals surface area contributed by atoms with Crippen molar-refractivity contribution in [2.24, 2.45) is 7.05 Å². The normalized spacial score (nSPS) is 10.3. The second-order valence-corrected chi connectivity index (χ2v) is 4.57. The molecule has 8 heteroatoms. The summed E-state index contributed by atoms with van der Waals surface area (Å²) in [4.78, 5) is 22.7. The summed E-state index contributed by atoms with van der Waals surface area (Å²) >= 11 is 0. The van der Waals surface area contributed by atoms with Gasteiger partial charge in [0.1, 0.15) is 11.4 Å². The fraction of sp³-hybridized carbons (Fsp3) is 0.286. The van der Waals surface area contributed by atoms with Gasteiger partial charge in [-0.15, -0.1) is 0 Å². The monoisotopic (exact) mass is 304 g/mol. The average Bonchev–Trinajstić information content (AvgIpc) is 2.77. The second kappa shape index (κ2) is 6.25. The number of aromatic nitrogens is 2. The fourth-order valence-electron chi connectivity index (χ4n) is 1.96. The van der Waals surface area contributed by atoms with Gasteiger partial charge in [0.2, 0.25) is 5.69 Å². The first-order chi connectivity index (χ1) is 10.4. The van der Waals surface area contributed by atoms with Crippen LogP contribution in [0.4, 0.5) is 11.4 Å². The van der Waals surface area contributed by atoms with Gasteiger partial charge in [0, 0.05) is 12.7 Å². The Balaban J connectivity index is 2.22. The molecule has 1 amide bonds. The van der Waals surface area contributed by atoms with Crippen molar-refractivity contribution in [3.05, 3.63) is 45.8 Å². The van der Waals surface area contributed by atoms with E-state index in [2.05, 4.69) is 10.4 Å². The number of carbonyl (C=O) groups excluding carboxylic acids is 1. The Morgan fingerprint density at radius 1 is 1.41 bits per heavy atom. The summed E-state index contributed by atoms with van der Waals surface area (Å²) in [6, 6.07) is 6.73. The minimum atomic E-state index is -0.625. The Kier molecular flexibility index (Phi) is 4.40. The lowest BCUT2D eigenvalue weighted by molar-refractivity contribution is -0.385. The molecule has 0 radical (unpaired) electrons. The molecule has 0 unspecified atom stereocenters. The van der Waals surface area contributed by atoms with Gasteiger partial charge >= 0.3 is 5.69 Å². The number of nitrogens with one attached hydrogen (secondary N) is 1. The molecule has 1 N–H and O–H groups in total. The van der Waals surface area contributed by atoms with Crippen molar-refractivity contribution in [1.82, 2.24) is 9.78 Å². The van der Waals surface area contributed by atoms with E-state index in [0.717, 1.165) is 0 Å². The molecule has 0 saturated carbocycles. The summed E-state index contributed by atoms with van der Waals surface area (Å²) in [7, 11) is 1.55. The summed E-state index contributed by atoms with van der Waals surface area (Å²) in [5.74, 6) is 0.0553. The summed E-state index contributed by atoms with van der Waals surface area (Å²) in [5, 5.41) is 17.6. The molecule has 0 bridgehead atoms. The van der Waals surface area contributed by atoms with Crippen LogP contribution in [0.5, 0.6) is 5.75 Å². The molecule has 2 rings (SSSR count). The molecular weight excluding hydrogens is 288 g/mol. The zero-order valence-electron chi connectivity index (χ0n) is 12.5. The summed E-state index contributed by atoms with van der Waals surface area (Å²) in [6.07, 6.45) is 0. The van der Waals surface area contributed by atoms with Crippen LogP contribution in [0.2, 0.25) is 0 Å². The zero-order valence-corrected chi connectivity index (χ0v) is 12.5. The highest BCUT2D eigenvalue weighted by Gasteiger charge is 2.28. The van der Waals surface area contributed by atoms with Gasteiger partial charge in [-0.25, -0.2) is 0 Å². The lowest BCUT2D eigenvalue weighted by atomic mass is 10.2. The standard InChI is InChI=1S/C14H16N4O4/c1-4-22-11-7-5-10(6-8-11)15-14(19)12-13(18(20)21)9(2)17(3)16-12/h5-8H,4H2,1-3H3,(H,15,19). The van der Waals surface area contributed by atoms with Crippen LogP contribution in [-0.4, -0.2) is 27.2 Å². The van der Waals surface area contributed by atoms with Crippen LogP contribution in [-0.2, 0) is 7.05 Å². The number of amides is 1. The number of anilines is 1. The van der Waals surface area contributed by atoms with E-state index in [4.69, 9.17) is 4.74 Å². The number of nitrogens with zero attached hydrogens (tertiary/aromatic N) is 3. The quantitative estimate of drug-likeness (QED) is 0.675. The molecule has 22 heavy (non-hydrogen) atoms. The minimum Gasteiger partial charge on any atom is -0.494 e. The summed E-state index contributed by atoms with van der Waals surface area (Å²) in [5.41, 5.74) is 0.331. The Morgan fingerprint density at radius 3 is 2.59 bits per heavy atom. The lowest BCUT2D eigenvalue weighted by Gasteiger charge is -2.05. The van der Waals surface area contributed by atoms with Crippen molar-refractivity contribution in [1.29, 1.82) is 0 Å². The molecule has 116 valence electrons. The molecular formula is C14H16N4O4. The maximum absolute atomic E-state index is 12.2. The summed E-state index contributed by atoms with van der Waals surface area (Å²) < 4.78 is 6.61. The maximum Gasteiger partial charge on any atom is 0.322 e. The van der Waals surface area contributed by atoms with Gasteiger partial charge in [0.25, 0.3) is 5.91 Å². The predicted octanol–water partition coefficient (Wildman–Crippen LogP) is 2.29. The van der Waals surface area contributed by atoms with Crippen molar-refractivity contribution in [3.63, 3.8) is 0 Å². The van der Waals surface area contributed by atoms with Crippen LogP contribution in [0, 0.1) is 17.0 Å². The Labute approximate surface area is 126 Å². The lowest BCUT2D eigenvalue weighted by Crippen LogP contribution is -2.14. The van der Waals surface area contributed by atoms with Gasteiger partial charge in [-0.2, -0.15) is 5.10 Å². The van der Waals surface area contributed by atoms with Crippen LogP contribution < -0.4 is 10.1 Å². The van der Waals surface area contributed by atoms with E-state index in [1.807, 2.05) is 6.92 Å². The molecule has 0 aliphatic rings. The number of hydrogen-bond donors (Lipinski definition) is 1. The molecule has 1 heterocycles. The first-order valence-corrected chi connectivity index (χ1v) is 6.66. The predicted molar refractivity (Wildman–Crippen MR) is 80.2 cm³/mol. The number of carbonyl (C=O) groups is 1. The van der Waals surface area contributed by atoms with E-state index in [1.54, 1.807) is 38.2 Å². The first kappa shape index (κ1) is 15.5. The molecule has 1 aromatic carbocycles. The largest absolute Gasteiger partial charge is 0.494 e. The number of ether oxygens (including phenoxy) is 1. The number of benzene rings is 1. The Morgan fingerprint density at radius 2 is 2.05 bits per heavy atom. The molecule has 0 spiro atoms. The Hall–Kier alpha value is -2.90. The second-order valence-electron chi connectivity index (χ2n) is 4.57. The van der Waals surface area contributed by atoms with Crippen LogP contribution in [0.15, 0.2) is 24.3 Å². The number of nitro groups is 1. The maximum atomic E-state index is 12.2. The molecule has 1 aromatic heterocycles. The molecule has 0 aliphatic carbocycles. The SMILES string of the molecule is CCOc1ccc(NC(=O)c2nn(C)c(C)c2[N+](=O)[O-])cc1. The van der Waals surface area contributed by atoms with E-state index < -0.39 is 10.8 Å². The van der Waals surface area contributed by atoms with Gasteiger partial charge in [0.05, 0.1) is 11.5 Å². The van der Waals surface area contributed by atoms with E-state index in [-0.39, 0.29) is 11.4 Å². The minimum absolute atomic E-state index is 0.209. The van der Waals surface area contributed by atoms with Gasteiger partial charge in [-0.1, -0.05) is 0 Å². The highest BCUT2D eigenvalue weighted by Crippen LogP contribution is 2.23. The topological polar surface area (TPSA) is 99.3 Å². The first-order valence-electron chi connectivity index (χ1n) is 6.66.